The van der Waals surface area contributed by atoms with Crippen LogP contribution >= 0.6 is 23.1 Å². The molecule has 2 N–H and O–H groups in total. The van der Waals surface area contributed by atoms with E-state index in [0.717, 1.165) is 16.5 Å². The number of aromatic nitrogens is 2. The van der Waals surface area contributed by atoms with Crippen molar-refractivity contribution in [3.05, 3.63) is 64.9 Å². The third-order valence-corrected chi connectivity index (χ3v) is 7.20. The number of anilines is 1. The van der Waals surface area contributed by atoms with Crippen LogP contribution in [0.15, 0.2) is 53.4 Å². The van der Waals surface area contributed by atoms with Gasteiger partial charge >= 0.3 is 0 Å². The standard InChI is InChI=1S/C21H25ClN4O3S2/c1-3-17(26-31(27,28)19-10-8-18(29-2)9-11-19)12-13-23-21-24-20(25-30-21)14-15-4-6-16(22)7-5-15/h4-11,17,26H,3,12-14H2,1-2H3,(H,23,24,25). The second-order valence-corrected chi connectivity index (χ2v) is 9.84. The molecule has 1 unspecified atom stereocenters. The van der Waals surface area contributed by atoms with Crippen LogP contribution in [0.5, 0.6) is 5.75 Å². The molecule has 0 radical (unpaired) electrons. The third kappa shape index (κ3) is 6.90. The quantitative estimate of drug-likeness (QED) is 0.423. The number of sulfonamides is 1. The Morgan fingerprint density at radius 3 is 2.48 bits per heavy atom. The van der Waals surface area contributed by atoms with Crippen LogP contribution in [0.2, 0.25) is 5.02 Å². The molecule has 0 fully saturated rings. The molecule has 1 heterocycles. The van der Waals surface area contributed by atoms with Gasteiger partial charge in [-0.2, -0.15) is 4.37 Å². The number of ether oxygens (including phenoxy) is 1. The Morgan fingerprint density at radius 2 is 1.84 bits per heavy atom. The first-order valence-corrected chi connectivity index (χ1v) is 12.5. The summed E-state index contributed by atoms with van der Waals surface area (Å²) in [5, 5.41) is 4.66. The van der Waals surface area contributed by atoms with Gasteiger partial charge in [0, 0.05) is 35.6 Å². The number of nitrogens with zero attached hydrogens (tertiary/aromatic N) is 2. The molecular formula is C21H25ClN4O3S2. The SMILES string of the molecule is CCC(CCNc1nc(Cc2ccc(Cl)cc2)ns1)NS(=O)(=O)c1ccc(OC)cc1. The van der Waals surface area contributed by atoms with Crippen molar-refractivity contribution in [3.8, 4) is 5.75 Å². The average molecular weight is 481 g/mol. The largest absolute Gasteiger partial charge is 0.497 e. The van der Waals surface area contributed by atoms with Crippen LogP contribution in [0.1, 0.15) is 31.2 Å². The van der Waals surface area contributed by atoms with Crippen molar-refractivity contribution in [2.75, 3.05) is 19.0 Å². The molecule has 0 aliphatic rings. The number of hydrogen-bond donors (Lipinski definition) is 2. The zero-order valence-corrected chi connectivity index (χ0v) is 19.7. The van der Waals surface area contributed by atoms with E-state index in [-0.39, 0.29) is 10.9 Å². The molecule has 7 nitrogen and oxygen atoms in total. The first-order chi connectivity index (χ1) is 14.9. The molecule has 0 amide bonds. The van der Waals surface area contributed by atoms with Crippen molar-refractivity contribution in [1.82, 2.24) is 14.1 Å². The molecule has 0 bridgehead atoms. The molecule has 0 aliphatic heterocycles. The van der Waals surface area contributed by atoms with E-state index in [2.05, 4.69) is 19.4 Å². The molecule has 31 heavy (non-hydrogen) atoms. The van der Waals surface area contributed by atoms with Crippen LogP contribution in [0.3, 0.4) is 0 Å². The lowest BCUT2D eigenvalue weighted by Gasteiger charge is -2.17. The van der Waals surface area contributed by atoms with Crippen molar-refractivity contribution in [2.45, 2.75) is 37.1 Å². The van der Waals surface area contributed by atoms with Crippen LogP contribution in [0, 0.1) is 0 Å². The van der Waals surface area contributed by atoms with E-state index in [9.17, 15) is 8.42 Å². The maximum atomic E-state index is 12.6. The van der Waals surface area contributed by atoms with Crippen LogP contribution < -0.4 is 14.8 Å². The van der Waals surface area contributed by atoms with Crippen LogP contribution in [-0.2, 0) is 16.4 Å². The number of benzene rings is 2. The Hall–Kier alpha value is -2.20. The normalized spacial score (nSPS) is 12.5. The van der Waals surface area contributed by atoms with Gasteiger partial charge in [0.15, 0.2) is 0 Å². The van der Waals surface area contributed by atoms with Gasteiger partial charge in [-0.1, -0.05) is 30.7 Å². The molecule has 0 spiro atoms. The first-order valence-electron chi connectivity index (χ1n) is 9.87. The highest BCUT2D eigenvalue weighted by molar-refractivity contribution is 7.89. The molecule has 3 aromatic rings. The molecular weight excluding hydrogens is 456 g/mol. The van der Waals surface area contributed by atoms with Gasteiger partial charge in [0.05, 0.1) is 12.0 Å². The summed E-state index contributed by atoms with van der Waals surface area (Å²) in [5.74, 6) is 1.35. The van der Waals surface area contributed by atoms with E-state index in [1.54, 1.807) is 19.2 Å². The summed E-state index contributed by atoms with van der Waals surface area (Å²) in [6.07, 6.45) is 1.93. The maximum absolute atomic E-state index is 12.6. The highest BCUT2D eigenvalue weighted by atomic mass is 35.5. The fraction of sp³-hybridized carbons (Fsp3) is 0.333. The zero-order valence-electron chi connectivity index (χ0n) is 17.3. The van der Waals surface area contributed by atoms with Gasteiger partial charge < -0.3 is 10.1 Å². The molecule has 0 saturated heterocycles. The van der Waals surface area contributed by atoms with Crippen LogP contribution in [-0.4, -0.2) is 37.5 Å². The summed E-state index contributed by atoms with van der Waals surface area (Å²) >= 11 is 7.21. The molecule has 1 atom stereocenters. The van der Waals surface area contributed by atoms with Crippen LogP contribution in [0.4, 0.5) is 5.13 Å². The van der Waals surface area contributed by atoms with Gasteiger partial charge in [0.1, 0.15) is 11.6 Å². The summed E-state index contributed by atoms with van der Waals surface area (Å²) < 4.78 is 37.5. The van der Waals surface area contributed by atoms with E-state index >= 15 is 0 Å². The molecule has 166 valence electrons. The Bertz CT molecular complexity index is 1070. The van der Waals surface area contributed by atoms with Gasteiger partial charge in [-0.05, 0) is 54.8 Å². The fourth-order valence-corrected chi connectivity index (χ4v) is 5.01. The van der Waals surface area contributed by atoms with E-state index < -0.39 is 10.0 Å². The predicted molar refractivity (Wildman–Crippen MR) is 125 cm³/mol. The lowest BCUT2D eigenvalue weighted by molar-refractivity contribution is 0.414. The molecule has 2 aromatic carbocycles. The second kappa shape index (κ2) is 10.9. The van der Waals surface area contributed by atoms with Crippen molar-refractivity contribution in [3.63, 3.8) is 0 Å². The summed E-state index contributed by atoms with van der Waals surface area (Å²) in [5.41, 5.74) is 1.09. The van der Waals surface area contributed by atoms with Crippen molar-refractivity contribution in [1.29, 1.82) is 0 Å². The molecule has 3 rings (SSSR count). The molecule has 0 saturated carbocycles. The lowest BCUT2D eigenvalue weighted by Crippen LogP contribution is -2.35. The highest BCUT2D eigenvalue weighted by Crippen LogP contribution is 2.18. The number of rotatable bonds is 11. The minimum absolute atomic E-state index is 0.193. The van der Waals surface area contributed by atoms with Gasteiger partial charge in [0.2, 0.25) is 15.2 Å². The van der Waals surface area contributed by atoms with Gasteiger partial charge in [0.25, 0.3) is 0 Å². The molecule has 1 aromatic heterocycles. The zero-order chi connectivity index (χ0) is 22.3. The molecule has 0 aliphatic carbocycles. The predicted octanol–water partition coefficient (Wildman–Crippen LogP) is 4.35. The Morgan fingerprint density at radius 1 is 1.13 bits per heavy atom. The minimum Gasteiger partial charge on any atom is -0.497 e. The van der Waals surface area contributed by atoms with E-state index in [4.69, 9.17) is 16.3 Å². The summed E-state index contributed by atoms with van der Waals surface area (Å²) in [6, 6.07) is 13.8. The highest BCUT2D eigenvalue weighted by Gasteiger charge is 2.19. The van der Waals surface area contributed by atoms with Crippen molar-refractivity contribution in [2.24, 2.45) is 0 Å². The first kappa shape index (κ1) is 23.5. The number of halogens is 1. The van der Waals surface area contributed by atoms with Gasteiger partial charge in [-0.15, -0.1) is 0 Å². The fourth-order valence-electron chi connectivity index (χ4n) is 2.92. The van der Waals surface area contributed by atoms with E-state index in [1.807, 2.05) is 31.2 Å². The molecule has 10 heteroatoms. The number of nitrogens with one attached hydrogen (secondary N) is 2. The average Bonchev–Trinajstić information content (AvgIpc) is 3.21. The van der Waals surface area contributed by atoms with E-state index in [0.29, 0.717) is 36.6 Å². The Kier molecular flexibility index (Phi) is 8.25. The van der Waals surface area contributed by atoms with Gasteiger partial charge in [-0.3, -0.25) is 0 Å². The summed E-state index contributed by atoms with van der Waals surface area (Å²) in [7, 11) is -2.05. The Balaban J connectivity index is 1.50. The van der Waals surface area contributed by atoms with Crippen LogP contribution in [0.25, 0.3) is 0 Å². The smallest absolute Gasteiger partial charge is 0.240 e. The van der Waals surface area contributed by atoms with E-state index in [1.165, 1.54) is 23.7 Å². The lowest BCUT2D eigenvalue weighted by atomic mass is 10.1. The Labute approximate surface area is 192 Å². The van der Waals surface area contributed by atoms with Crippen molar-refractivity contribution < 1.29 is 13.2 Å². The monoisotopic (exact) mass is 480 g/mol. The maximum Gasteiger partial charge on any atom is 0.240 e. The minimum atomic E-state index is -3.59. The van der Waals surface area contributed by atoms with Crippen molar-refractivity contribution >= 4 is 38.3 Å². The van der Waals surface area contributed by atoms with Gasteiger partial charge in [-0.25, -0.2) is 18.1 Å². The number of methoxy groups -OCH3 is 1. The summed E-state index contributed by atoms with van der Waals surface area (Å²) in [4.78, 5) is 4.72. The third-order valence-electron chi connectivity index (χ3n) is 4.70. The number of hydrogen-bond acceptors (Lipinski definition) is 7. The topological polar surface area (TPSA) is 93.2 Å². The summed E-state index contributed by atoms with van der Waals surface area (Å²) in [6.45, 7) is 2.54. The second-order valence-electron chi connectivity index (χ2n) is 6.94.